The first-order chi connectivity index (χ1) is 7.66. The van der Waals surface area contributed by atoms with Crippen LogP contribution in [0.15, 0.2) is 33.6 Å². The van der Waals surface area contributed by atoms with E-state index in [0.29, 0.717) is 12.2 Å². The molecule has 2 aromatic heterocycles. The van der Waals surface area contributed by atoms with Gasteiger partial charge in [0, 0.05) is 17.2 Å². The van der Waals surface area contributed by atoms with Gasteiger partial charge in [-0.05, 0) is 50.8 Å². The summed E-state index contributed by atoms with van der Waals surface area (Å²) in [4.78, 5) is 11.0. The van der Waals surface area contributed by atoms with Crippen molar-refractivity contribution in [2.45, 2.75) is 13.0 Å². The van der Waals surface area contributed by atoms with Crippen molar-refractivity contribution in [2.24, 2.45) is 0 Å². The summed E-state index contributed by atoms with van der Waals surface area (Å²) in [5.41, 5.74) is 1.56. The molecule has 0 aliphatic rings. The lowest BCUT2D eigenvalue weighted by Gasteiger charge is -2.04. The van der Waals surface area contributed by atoms with Crippen LogP contribution >= 0.6 is 27.3 Å². The second-order valence-electron chi connectivity index (χ2n) is 3.42. The number of hydrogen-bond donors (Lipinski definition) is 1. The van der Waals surface area contributed by atoms with Crippen LogP contribution in [0.3, 0.4) is 0 Å². The van der Waals surface area contributed by atoms with Gasteiger partial charge in [0.15, 0.2) is 0 Å². The van der Waals surface area contributed by atoms with Crippen LogP contribution in [-0.4, -0.2) is 15.6 Å². The zero-order chi connectivity index (χ0) is 11.5. The van der Waals surface area contributed by atoms with Crippen LogP contribution in [0.1, 0.15) is 16.1 Å². The van der Waals surface area contributed by atoms with Gasteiger partial charge >= 0.3 is 5.97 Å². The summed E-state index contributed by atoms with van der Waals surface area (Å²) in [5, 5.41) is 13.1. The van der Waals surface area contributed by atoms with E-state index in [1.165, 1.54) is 5.56 Å². The molecule has 16 heavy (non-hydrogen) atoms. The van der Waals surface area contributed by atoms with Crippen LogP contribution in [0.5, 0.6) is 0 Å². The number of carbonyl (C=O) groups is 1. The number of thiophene rings is 1. The fraction of sp³-hybridized carbons (Fsp3) is 0.182. The minimum atomic E-state index is -0.893. The third-order valence-electron chi connectivity index (χ3n) is 2.30. The van der Waals surface area contributed by atoms with E-state index < -0.39 is 5.97 Å². The van der Waals surface area contributed by atoms with Crippen LogP contribution in [0.4, 0.5) is 0 Å². The second-order valence-corrected chi connectivity index (χ2v) is 5.12. The van der Waals surface area contributed by atoms with Crippen molar-refractivity contribution < 1.29 is 9.90 Å². The highest BCUT2D eigenvalue weighted by atomic mass is 79.9. The van der Waals surface area contributed by atoms with E-state index in [1.54, 1.807) is 28.2 Å². The quantitative estimate of drug-likeness (QED) is 0.941. The van der Waals surface area contributed by atoms with E-state index in [9.17, 15) is 4.79 Å². The van der Waals surface area contributed by atoms with Gasteiger partial charge < -0.3 is 9.67 Å². The minimum absolute atomic E-state index is 0.321. The number of hydrogen-bond acceptors (Lipinski definition) is 2. The van der Waals surface area contributed by atoms with Gasteiger partial charge in [-0.15, -0.1) is 0 Å². The Kier molecular flexibility index (Phi) is 3.46. The molecular weight excluding hydrogens is 290 g/mol. The van der Waals surface area contributed by atoms with Gasteiger partial charge in [0.05, 0.1) is 0 Å². The molecule has 0 amide bonds. The van der Waals surface area contributed by atoms with Crippen molar-refractivity contribution >= 4 is 33.2 Å². The van der Waals surface area contributed by atoms with Gasteiger partial charge in [-0.1, -0.05) is 0 Å². The van der Waals surface area contributed by atoms with Crippen molar-refractivity contribution in [3.05, 3.63) is 44.8 Å². The summed E-state index contributed by atoms with van der Waals surface area (Å²) < 4.78 is 2.56. The fourth-order valence-electron chi connectivity index (χ4n) is 1.52. The van der Waals surface area contributed by atoms with Gasteiger partial charge in [-0.25, -0.2) is 4.79 Å². The maximum absolute atomic E-state index is 11.0. The summed E-state index contributed by atoms with van der Waals surface area (Å²) in [6.07, 6.45) is 2.65. The second kappa shape index (κ2) is 4.84. The lowest BCUT2D eigenvalue weighted by Crippen LogP contribution is -2.08. The summed E-state index contributed by atoms with van der Waals surface area (Å²) in [6, 6.07) is 3.68. The van der Waals surface area contributed by atoms with Gasteiger partial charge in [0.2, 0.25) is 0 Å². The predicted octanol–water partition coefficient (Wildman–Crippen LogP) is 3.25. The lowest BCUT2D eigenvalue weighted by atomic mass is 10.2. The molecule has 0 aliphatic heterocycles. The molecular formula is C11H10BrNO2S. The molecule has 2 heterocycles. The van der Waals surface area contributed by atoms with Gasteiger partial charge in [0.25, 0.3) is 0 Å². The van der Waals surface area contributed by atoms with E-state index >= 15 is 0 Å². The Balaban J connectivity index is 2.12. The third kappa shape index (κ3) is 2.54. The summed E-state index contributed by atoms with van der Waals surface area (Å²) in [5.74, 6) is -0.893. The predicted molar refractivity (Wildman–Crippen MR) is 67.1 cm³/mol. The molecule has 0 spiro atoms. The van der Waals surface area contributed by atoms with Crippen molar-refractivity contribution in [2.75, 3.05) is 0 Å². The maximum atomic E-state index is 11.0. The smallest absolute Gasteiger partial charge is 0.352 e. The van der Waals surface area contributed by atoms with E-state index in [-0.39, 0.29) is 0 Å². The van der Waals surface area contributed by atoms with Crippen molar-refractivity contribution in [3.8, 4) is 0 Å². The Morgan fingerprint density at radius 2 is 2.38 bits per heavy atom. The van der Waals surface area contributed by atoms with Crippen LogP contribution in [0.2, 0.25) is 0 Å². The molecule has 5 heteroatoms. The fourth-order valence-corrected chi connectivity index (χ4v) is 2.69. The number of carboxylic acid groups (broad SMARTS) is 1. The molecule has 3 nitrogen and oxygen atoms in total. The standard InChI is InChI=1S/C11H10BrNO2S/c12-9-5-10(11(14)15)13(6-9)3-1-8-2-4-16-7-8/h2,4-7H,1,3H2,(H,14,15). The van der Waals surface area contributed by atoms with E-state index in [1.807, 2.05) is 5.38 Å². The Labute approximate surface area is 105 Å². The topological polar surface area (TPSA) is 42.2 Å². The van der Waals surface area contributed by atoms with Crippen LogP contribution in [0.25, 0.3) is 0 Å². The number of nitrogens with zero attached hydrogens (tertiary/aromatic N) is 1. The first kappa shape index (κ1) is 11.4. The van der Waals surface area contributed by atoms with Gasteiger partial charge in [0.1, 0.15) is 5.69 Å². The molecule has 0 unspecified atom stereocenters. The average molecular weight is 300 g/mol. The molecule has 0 saturated heterocycles. The summed E-state index contributed by atoms with van der Waals surface area (Å²) >= 11 is 4.94. The van der Waals surface area contributed by atoms with E-state index in [0.717, 1.165) is 10.9 Å². The number of rotatable bonds is 4. The first-order valence-corrected chi connectivity index (χ1v) is 6.50. The van der Waals surface area contributed by atoms with E-state index in [4.69, 9.17) is 5.11 Å². The normalized spacial score (nSPS) is 10.6. The van der Waals surface area contributed by atoms with Crippen LogP contribution in [0, 0.1) is 0 Å². The Hall–Kier alpha value is -1.07. The Bertz CT molecular complexity index is 490. The zero-order valence-electron chi connectivity index (χ0n) is 8.39. The minimum Gasteiger partial charge on any atom is -0.477 e. The zero-order valence-corrected chi connectivity index (χ0v) is 10.8. The largest absolute Gasteiger partial charge is 0.477 e. The average Bonchev–Trinajstić information content (AvgIpc) is 2.83. The molecule has 0 aromatic carbocycles. The molecule has 2 aromatic rings. The molecule has 0 radical (unpaired) electrons. The number of halogens is 1. The Morgan fingerprint density at radius 1 is 1.56 bits per heavy atom. The van der Waals surface area contributed by atoms with Gasteiger partial charge in [-0.2, -0.15) is 11.3 Å². The van der Waals surface area contributed by atoms with Crippen molar-refractivity contribution in [3.63, 3.8) is 0 Å². The molecule has 0 aliphatic carbocycles. The number of aromatic nitrogens is 1. The van der Waals surface area contributed by atoms with Crippen molar-refractivity contribution in [1.82, 2.24) is 4.57 Å². The summed E-state index contributed by atoms with van der Waals surface area (Å²) in [6.45, 7) is 0.684. The highest BCUT2D eigenvalue weighted by Gasteiger charge is 2.11. The third-order valence-corrected chi connectivity index (χ3v) is 3.47. The Morgan fingerprint density at radius 3 is 3.00 bits per heavy atom. The monoisotopic (exact) mass is 299 g/mol. The van der Waals surface area contributed by atoms with E-state index in [2.05, 4.69) is 27.4 Å². The SMILES string of the molecule is O=C(O)c1cc(Br)cn1CCc1ccsc1. The van der Waals surface area contributed by atoms with Crippen molar-refractivity contribution in [1.29, 1.82) is 0 Å². The molecule has 0 bridgehead atoms. The highest BCUT2D eigenvalue weighted by molar-refractivity contribution is 9.10. The number of aromatic carboxylic acids is 1. The highest BCUT2D eigenvalue weighted by Crippen LogP contribution is 2.16. The van der Waals surface area contributed by atoms with Crippen LogP contribution in [-0.2, 0) is 13.0 Å². The molecule has 0 atom stereocenters. The maximum Gasteiger partial charge on any atom is 0.352 e. The number of aryl methyl sites for hydroxylation is 2. The molecule has 0 fully saturated rings. The van der Waals surface area contributed by atoms with Crippen LogP contribution < -0.4 is 0 Å². The van der Waals surface area contributed by atoms with Gasteiger partial charge in [-0.3, -0.25) is 0 Å². The molecule has 84 valence electrons. The first-order valence-electron chi connectivity index (χ1n) is 4.77. The lowest BCUT2D eigenvalue weighted by molar-refractivity contribution is 0.0685. The molecule has 0 saturated carbocycles. The number of carboxylic acids is 1. The molecule has 2 rings (SSSR count). The molecule has 1 N–H and O–H groups in total. The summed E-state index contributed by atoms with van der Waals surface area (Å²) in [7, 11) is 0.